The molecule has 1 N–H and O–H groups in total. The van der Waals surface area contributed by atoms with Gasteiger partial charge in [0.15, 0.2) is 0 Å². The number of rotatable bonds is 12. The molecule has 0 atom stereocenters. The first-order valence-corrected chi connectivity index (χ1v) is 18.9. The van der Waals surface area contributed by atoms with Crippen LogP contribution in [-0.2, 0) is 47.7 Å². The Balaban J connectivity index is 0.000000295. The van der Waals surface area contributed by atoms with Crippen LogP contribution in [0.4, 0.5) is 16.2 Å². The Kier molecular flexibility index (Phi) is 14.5. The smallest absolute Gasteiger partial charge is 0.425 e. The average Bonchev–Trinajstić information content (AvgIpc) is 3.15. The maximum absolute atomic E-state index is 13.3. The van der Waals surface area contributed by atoms with E-state index in [1.165, 1.54) is 25.6 Å². The summed E-state index contributed by atoms with van der Waals surface area (Å²) >= 11 is 0. The number of benzene rings is 4. The van der Waals surface area contributed by atoms with Gasteiger partial charge in [0.2, 0.25) is 0 Å². The summed E-state index contributed by atoms with van der Waals surface area (Å²) in [6.45, 7) is 5.06. The minimum absolute atomic E-state index is 0.0546. The van der Waals surface area contributed by atoms with Crippen molar-refractivity contribution in [1.82, 2.24) is 9.03 Å². The molecule has 0 aliphatic rings. The number of ether oxygens (including phenoxy) is 3. The van der Waals surface area contributed by atoms with E-state index in [2.05, 4.69) is 14.2 Å². The molecule has 0 aromatic heterocycles. The van der Waals surface area contributed by atoms with Crippen molar-refractivity contribution in [2.45, 2.75) is 39.5 Å². The summed E-state index contributed by atoms with van der Waals surface area (Å²) in [5.74, 6) is -0.918. The molecule has 0 fully saturated rings. The molecule has 53 heavy (non-hydrogen) atoms. The highest BCUT2D eigenvalue weighted by atomic mass is 32.2. The fourth-order valence-electron chi connectivity index (χ4n) is 4.55. The Morgan fingerprint density at radius 2 is 1.00 bits per heavy atom. The standard InChI is InChI=1S/C21H26N2O6S.C16H18N2O4S/c1-21(2,3)29-20(25)22(4)30(26,27)23(18-9-7-6-8-10-18)15-16-11-13-17(14-12-16)19(24)28-5;1-17-23(20,21)18(15-6-4-3-5-7-15)12-13-8-10-14(11-9-13)16(19)22-2/h6-14H,15H2,1-5H3;3-11,17H,12H2,1-2H3. The topological polar surface area (TPSA) is 169 Å². The van der Waals surface area contributed by atoms with Gasteiger partial charge in [0.05, 0.1) is 49.8 Å². The molecule has 0 bridgehead atoms. The predicted molar refractivity (Wildman–Crippen MR) is 202 cm³/mol. The van der Waals surface area contributed by atoms with Gasteiger partial charge in [-0.1, -0.05) is 60.7 Å². The highest BCUT2D eigenvalue weighted by molar-refractivity contribution is 7.91. The SMILES string of the molecule is CNS(=O)(=O)N(Cc1ccc(C(=O)OC)cc1)c1ccccc1.COC(=O)c1ccc(CN(c2ccccc2)S(=O)(=O)N(C)C(=O)OC(C)(C)C)cc1. The molecule has 284 valence electrons. The molecule has 0 heterocycles. The fraction of sp³-hybridized carbons (Fsp3) is 0.270. The van der Waals surface area contributed by atoms with Crippen LogP contribution in [0.5, 0.6) is 0 Å². The number of carbonyl (C=O) groups excluding carboxylic acids is 3. The third kappa shape index (κ3) is 11.8. The van der Waals surface area contributed by atoms with Crippen molar-refractivity contribution in [2.24, 2.45) is 0 Å². The second-order valence-corrected chi connectivity index (χ2v) is 15.9. The molecule has 14 nitrogen and oxygen atoms in total. The second-order valence-electron chi connectivity index (χ2n) is 12.2. The van der Waals surface area contributed by atoms with Crippen molar-refractivity contribution in [3.63, 3.8) is 0 Å². The third-order valence-electron chi connectivity index (χ3n) is 7.31. The van der Waals surface area contributed by atoms with Gasteiger partial charge in [-0.15, -0.1) is 0 Å². The van der Waals surface area contributed by atoms with E-state index < -0.39 is 44.1 Å². The van der Waals surface area contributed by atoms with Crippen molar-refractivity contribution in [2.75, 3.05) is 36.9 Å². The van der Waals surface area contributed by atoms with E-state index in [1.54, 1.807) is 124 Å². The summed E-state index contributed by atoms with van der Waals surface area (Å²) in [4.78, 5) is 35.4. The van der Waals surface area contributed by atoms with Gasteiger partial charge in [0.1, 0.15) is 5.60 Å². The number of para-hydroxylation sites is 2. The zero-order chi connectivity index (χ0) is 39.4. The van der Waals surface area contributed by atoms with Crippen molar-refractivity contribution in [3.8, 4) is 0 Å². The maximum atomic E-state index is 13.3. The summed E-state index contributed by atoms with van der Waals surface area (Å²) in [5, 5.41) is 0. The van der Waals surface area contributed by atoms with Gasteiger partial charge in [-0.2, -0.15) is 21.1 Å². The Morgan fingerprint density at radius 3 is 1.36 bits per heavy atom. The van der Waals surface area contributed by atoms with E-state index >= 15 is 0 Å². The van der Waals surface area contributed by atoms with Crippen LogP contribution in [0, 0.1) is 0 Å². The molecule has 16 heteroatoms. The molecule has 4 aromatic carbocycles. The lowest BCUT2D eigenvalue weighted by atomic mass is 10.1. The van der Waals surface area contributed by atoms with E-state index in [9.17, 15) is 31.2 Å². The molecule has 0 unspecified atom stereocenters. The van der Waals surface area contributed by atoms with E-state index in [4.69, 9.17) is 4.74 Å². The van der Waals surface area contributed by atoms with Crippen molar-refractivity contribution >= 4 is 49.8 Å². The largest absolute Gasteiger partial charge is 0.465 e. The van der Waals surface area contributed by atoms with Gasteiger partial charge in [0, 0.05) is 14.1 Å². The highest BCUT2D eigenvalue weighted by Crippen LogP contribution is 2.24. The first-order chi connectivity index (χ1) is 24.9. The molecule has 0 saturated carbocycles. The lowest BCUT2D eigenvalue weighted by Gasteiger charge is -2.30. The van der Waals surface area contributed by atoms with Crippen LogP contribution < -0.4 is 13.3 Å². The molecule has 4 rings (SSSR count). The molecule has 4 aromatic rings. The molecular weight excluding hydrogens is 725 g/mol. The number of hydrogen-bond donors (Lipinski definition) is 1. The first-order valence-electron chi connectivity index (χ1n) is 16.1. The molecule has 0 radical (unpaired) electrons. The predicted octanol–water partition coefficient (Wildman–Crippen LogP) is 5.54. The van der Waals surface area contributed by atoms with Gasteiger partial charge >= 0.3 is 38.5 Å². The summed E-state index contributed by atoms with van der Waals surface area (Å²) < 4.78 is 70.8. The molecule has 0 spiro atoms. The maximum Gasteiger partial charge on any atom is 0.425 e. The summed E-state index contributed by atoms with van der Waals surface area (Å²) in [6.07, 6.45) is -0.982. The molecule has 0 aliphatic heterocycles. The number of nitrogens with zero attached hydrogens (tertiary/aromatic N) is 3. The van der Waals surface area contributed by atoms with Crippen molar-refractivity contribution in [3.05, 3.63) is 131 Å². The molecular formula is C37H44N4O10S2. The highest BCUT2D eigenvalue weighted by Gasteiger charge is 2.34. The second kappa shape index (κ2) is 18.3. The summed E-state index contributed by atoms with van der Waals surface area (Å²) in [7, 11) is -2.79. The van der Waals surface area contributed by atoms with Crippen LogP contribution in [0.15, 0.2) is 109 Å². The van der Waals surface area contributed by atoms with Crippen molar-refractivity contribution in [1.29, 1.82) is 0 Å². The van der Waals surface area contributed by atoms with Crippen molar-refractivity contribution < 1.29 is 45.4 Å². The first kappa shape index (κ1) is 42.0. The van der Waals surface area contributed by atoms with Crippen LogP contribution in [0.1, 0.15) is 52.6 Å². The van der Waals surface area contributed by atoms with E-state index in [0.29, 0.717) is 32.4 Å². The number of hydrogen-bond acceptors (Lipinski definition) is 10. The minimum Gasteiger partial charge on any atom is -0.465 e. The van der Waals surface area contributed by atoms with Gasteiger partial charge in [0.25, 0.3) is 0 Å². The number of carbonyl (C=O) groups is 3. The van der Waals surface area contributed by atoms with Gasteiger partial charge in [-0.3, -0.25) is 4.31 Å². The molecule has 0 aliphatic carbocycles. The lowest BCUT2D eigenvalue weighted by Crippen LogP contribution is -2.46. The minimum atomic E-state index is -4.25. The Hall–Kier alpha value is -5.45. The summed E-state index contributed by atoms with van der Waals surface area (Å²) in [5.41, 5.74) is 2.22. The van der Waals surface area contributed by atoms with Crippen LogP contribution in [0.25, 0.3) is 0 Å². The molecule has 0 saturated heterocycles. The monoisotopic (exact) mass is 768 g/mol. The quantitative estimate of drug-likeness (QED) is 0.143. The van der Waals surface area contributed by atoms with Gasteiger partial charge < -0.3 is 14.2 Å². The normalized spacial score (nSPS) is 11.3. The lowest BCUT2D eigenvalue weighted by molar-refractivity contribution is 0.0419. The Morgan fingerprint density at radius 1 is 0.623 bits per heavy atom. The number of amides is 1. The van der Waals surface area contributed by atoms with Crippen LogP contribution in [0.2, 0.25) is 0 Å². The van der Waals surface area contributed by atoms with Gasteiger partial charge in [-0.25, -0.2) is 23.4 Å². The average molecular weight is 769 g/mol. The fourth-order valence-corrected chi connectivity index (χ4v) is 6.71. The number of esters is 2. The van der Waals surface area contributed by atoms with E-state index in [-0.39, 0.29) is 13.1 Å². The zero-order valence-corrected chi connectivity index (χ0v) is 32.2. The number of nitrogens with one attached hydrogen (secondary N) is 1. The van der Waals surface area contributed by atoms with Crippen LogP contribution >= 0.6 is 0 Å². The van der Waals surface area contributed by atoms with E-state index in [0.717, 1.165) is 16.9 Å². The van der Waals surface area contributed by atoms with Crippen LogP contribution in [-0.4, -0.2) is 73.1 Å². The Bertz CT molecular complexity index is 2040. The zero-order valence-electron chi connectivity index (χ0n) is 30.5. The van der Waals surface area contributed by atoms with E-state index in [1.807, 2.05) is 6.07 Å². The summed E-state index contributed by atoms with van der Waals surface area (Å²) in [6, 6.07) is 30.2. The third-order valence-corrected chi connectivity index (χ3v) is 10.5. The van der Waals surface area contributed by atoms with Gasteiger partial charge in [-0.05, 0) is 80.4 Å². The number of anilines is 2. The van der Waals surface area contributed by atoms with Crippen LogP contribution in [0.3, 0.4) is 0 Å². The Labute approximate surface area is 311 Å². The molecule has 1 amide bonds. The number of methoxy groups -OCH3 is 2.